The van der Waals surface area contributed by atoms with Gasteiger partial charge in [0.05, 0.1) is 12.0 Å². The van der Waals surface area contributed by atoms with Crippen LogP contribution in [0.4, 0.5) is 0 Å². The molecular formula is C14H18N2O2. The third kappa shape index (κ3) is 1.97. The number of likely N-dealkylation sites (tertiary alicyclic amines) is 1. The van der Waals surface area contributed by atoms with Crippen LogP contribution in [0.25, 0.3) is 0 Å². The quantitative estimate of drug-likeness (QED) is 0.832. The number of carbonyl (C=O) groups excluding carboxylic acids is 1. The van der Waals surface area contributed by atoms with Crippen LogP contribution in [0.3, 0.4) is 0 Å². The Kier molecular flexibility index (Phi) is 2.55. The number of nitrogens with zero attached hydrogens (tertiary/aromatic N) is 1. The fourth-order valence-electron chi connectivity index (χ4n) is 2.69. The number of carbonyl (C=O) groups is 1. The number of para-hydroxylation sites is 1. The first kappa shape index (κ1) is 11.5. The minimum Gasteiger partial charge on any atom is -0.508 e. The molecule has 1 aliphatic carbocycles. The molecule has 18 heavy (non-hydrogen) atoms. The molecule has 3 rings (SSSR count). The smallest absolute Gasteiger partial charge is 0.227 e. The summed E-state index contributed by atoms with van der Waals surface area (Å²) in [5.74, 6) is 0.859. The Bertz CT molecular complexity index is 476. The summed E-state index contributed by atoms with van der Waals surface area (Å²) in [6.07, 6.45) is 2.67. The molecule has 96 valence electrons. The number of aromatic hydroxyl groups is 1. The summed E-state index contributed by atoms with van der Waals surface area (Å²) in [6, 6.07) is 6.97. The van der Waals surface area contributed by atoms with Crippen molar-refractivity contribution >= 4 is 5.91 Å². The lowest BCUT2D eigenvalue weighted by atomic mass is 9.85. The normalized spacial score (nSPS) is 21.5. The van der Waals surface area contributed by atoms with E-state index in [4.69, 9.17) is 5.73 Å². The SMILES string of the molecule is NC1(C2CC2)CN(C(=O)Cc2ccccc2O)C1. The summed E-state index contributed by atoms with van der Waals surface area (Å²) in [5, 5.41) is 9.64. The van der Waals surface area contributed by atoms with Gasteiger partial charge in [-0.05, 0) is 24.8 Å². The van der Waals surface area contributed by atoms with Gasteiger partial charge in [-0.2, -0.15) is 0 Å². The molecule has 0 bridgehead atoms. The van der Waals surface area contributed by atoms with E-state index in [9.17, 15) is 9.90 Å². The van der Waals surface area contributed by atoms with E-state index >= 15 is 0 Å². The van der Waals surface area contributed by atoms with Crippen molar-refractivity contribution < 1.29 is 9.90 Å². The average Bonchev–Trinajstić information content (AvgIpc) is 3.12. The zero-order chi connectivity index (χ0) is 12.8. The molecule has 0 radical (unpaired) electrons. The number of phenolic OH excluding ortho intramolecular Hbond substituents is 1. The molecule has 1 heterocycles. The number of benzene rings is 1. The second kappa shape index (κ2) is 3.99. The zero-order valence-corrected chi connectivity index (χ0v) is 10.3. The Labute approximate surface area is 106 Å². The molecule has 0 aromatic heterocycles. The van der Waals surface area contributed by atoms with Crippen LogP contribution in [0.15, 0.2) is 24.3 Å². The standard InChI is InChI=1S/C14H18N2O2/c15-14(11-5-6-11)8-16(9-14)13(18)7-10-3-1-2-4-12(10)17/h1-4,11,17H,5-9,15H2. The van der Waals surface area contributed by atoms with Gasteiger partial charge in [0.15, 0.2) is 0 Å². The highest BCUT2D eigenvalue weighted by atomic mass is 16.3. The first-order valence-electron chi connectivity index (χ1n) is 6.42. The molecule has 1 amide bonds. The molecule has 2 fully saturated rings. The third-order valence-electron chi connectivity index (χ3n) is 4.05. The first-order chi connectivity index (χ1) is 8.58. The molecule has 1 aliphatic heterocycles. The molecule has 0 spiro atoms. The Morgan fingerprint density at radius 1 is 1.39 bits per heavy atom. The van der Waals surface area contributed by atoms with Gasteiger partial charge in [-0.15, -0.1) is 0 Å². The predicted octanol–water partition coefficient (Wildman–Crippen LogP) is 0.884. The second-order valence-corrected chi connectivity index (χ2v) is 5.56. The van der Waals surface area contributed by atoms with Gasteiger partial charge in [0.25, 0.3) is 0 Å². The number of hydrogen-bond acceptors (Lipinski definition) is 3. The maximum absolute atomic E-state index is 12.0. The number of hydrogen-bond donors (Lipinski definition) is 2. The minimum atomic E-state index is -0.131. The molecule has 1 aromatic carbocycles. The fraction of sp³-hybridized carbons (Fsp3) is 0.500. The summed E-state index contributed by atoms with van der Waals surface area (Å²) >= 11 is 0. The van der Waals surface area contributed by atoms with Crippen molar-refractivity contribution in [3.05, 3.63) is 29.8 Å². The van der Waals surface area contributed by atoms with Gasteiger partial charge in [-0.3, -0.25) is 4.79 Å². The van der Waals surface area contributed by atoms with Gasteiger partial charge in [0.1, 0.15) is 5.75 Å². The van der Waals surface area contributed by atoms with Crippen LogP contribution in [-0.2, 0) is 11.2 Å². The van der Waals surface area contributed by atoms with Gasteiger partial charge in [0.2, 0.25) is 5.91 Å². The highest BCUT2D eigenvalue weighted by Crippen LogP contribution is 2.43. The Morgan fingerprint density at radius 2 is 2.06 bits per heavy atom. The van der Waals surface area contributed by atoms with Crippen molar-refractivity contribution in [1.82, 2.24) is 4.90 Å². The summed E-state index contributed by atoms with van der Waals surface area (Å²) < 4.78 is 0. The van der Waals surface area contributed by atoms with Crippen LogP contribution in [0.1, 0.15) is 18.4 Å². The van der Waals surface area contributed by atoms with E-state index in [1.807, 2.05) is 6.07 Å². The van der Waals surface area contributed by atoms with Crippen molar-refractivity contribution in [2.24, 2.45) is 11.7 Å². The summed E-state index contributed by atoms with van der Waals surface area (Å²) in [5.41, 5.74) is 6.77. The van der Waals surface area contributed by atoms with Gasteiger partial charge >= 0.3 is 0 Å². The molecule has 0 unspecified atom stereocenters. The third-order valence-corrected chi connectivity index (χ3v) is 4.05. The van der Waals surface area contributed by atoms with Gasteiger partial charge in [0, 0.05) is 18.7 Å². The minimum absolute atomic E-state index is 0.0539. The lowest BCUT2D eigenvalue weighted by molar-refractivity contribution is -0.138. The van der Waals surface area contributed by atoms with Crippen LogP contribution < -0.4 is 5.73 Å². The van der Waals surface area contributed by atoms with Crippen molar-refractivity contribution in [1.29, 1.82) is 0 Å². The summed E-state index contributed by atoms with van der Waals surface area (Å²) in [6.45, 7) is 1.34. The van der Waals surface area contributed by atoms with E-state index in [1.165, 1.54) is 12.8 Å². The highest BCUT2D eigenvalue weighted by molar-refractivity contribution is 5.80. The van der Waals surface area contributed by atoms with E-state index in [2.05, 4.69) is 0 Å². The Balaban J connectivity index is 1.59. The van der Waals surface area contributed by atoms with Crippen LogP contribution in [-0.4, -0.2) is 34.5 Å². The number of phenols is 1. The Morgan fingerprint density at radius 3 is 2.67 bits per heavy atom. The van der Waals surface area contributed by atoms with Crippen molar-refractivity contribution in [2.45, 2.75) is 24.8 Å². The highest BCUT2D eigenvalue weighted by Gasteiger charge is 2.51. The van der Waals surface area contributed by atoms with E-state index in [-0.39, 0.29) is 23.6 Å². The zero-order valence-electron chi connectivity index (χ0n) is 10.3. The van der Waals surface area contributed by atoms with Gasteiger partial charge in [-0.1, -0.05) is 18.2 Å². The van der Waals surface area contributed by atoms with Crippen LogP contribution in [0, 0.1) is 5.92 Å². The summed E-state index contributed by atoms with van der Waals surface area (Å²) in [7, 11) is 0. The maximum Gasteiger partial charge on any atom is 0.227 e. The molecule has 3 N–H and O–H groups in total. The number of rotatable bonds is 3. The Hall–Kier alpha value is -1.55. The van der Waals surface area contributed by atoms with Gasteiger partial charge in [-0.25, -0.2) is 0 Å². The van der Waals surface area contributed by atoms with Crippen molar-refractivity contribution in [3.63, 3.8) is 0 Å². The van der Waals surface area contributed by atoms with Crippen LogP contribution >= 0.6 is 0 Å². The average molecular weight is 246 g/mol. The van der Waals surface area contributed by atoms with Crippen molar-refractivity contribution in [3.8, 4) is 5.75 Å². The molecule has 1 aromatic rings. The number of nitrogens with two attached hydrogens (primary N) is 1. The van der Waals surface area contributed by atoms with Crippen LogP contribution in [0.2, 0.25) is 0 Å². The molecule has 1 saturated carbocycles. The maximum atomic E-state index is 12.0. The van der Waals surface area contributed by atoms with Gasteiger partial charge < -0.3 is 15.7 Å². The second-order valence-electron chi connectivity index (χ2n) is 5.56. The largest absolute Gasteiger partial charge is 0.508 e. The monoisotopic (exact) mass is 246 g/mol. The molecule has 1 saturated heterocycles. The van der Waals surface area contributed by atoms with Crippen molar-refractivity contribution in [2.75, 3.05) is 13.1 Å². The topological polar surface area (TPSA) is 66.6 Å². The lowest BCUT2D eigenvalue weighted by Crippen LogP contribution is -2.70. The van der Waals surface area contributed by atoms with Crippen LogP contribution in [0.5, 0.6) is 5.75 Å². The lowest BCUT2D eigenvalue weighted by Gasteiger charge is -2.48. The molecule has 4 nitrogen and oxygen atoms in total. The summed E-state index contributed by atoms with van der Waals surface area (Å²) in [4.78, 5) is 13.8. The van der Waals surface area contributed by atoms with E-state index in [0.29, 0.717) is 24.6 Å². The fourth-order valence-corrected chi connectivity index (χ4v) is 2.69. The predicted molar refractivity (Wildman–Crippen MR) is 68.0 cm³/mol. The molecule has 0 atom stereocenters. The number of amides is 1. The molecule has 2 aliphatic rings. The molecular weight excluding hydrogens is 228 g/mol. The first-order valence-corrected chi connectivity index (χ1v) is 6.42. The molecule has 4 heteroatoms. The van der Waals surface area contributed by atoms with E-state index < -0.39 is 0 Å². The van der Waals surface area contributed by atoms with E-state index in [0.717, 1.165) is 0 Å². The van der Waals surface area contributed by atoms with E-state index in [1.54, 1.807) is 23.1 Å².